The van der Waals surface area contributed by atoms with Crippen molar-refractivity contribution in [2.75, 3.05) is 20.3 Å². The van der Waals surface area contributed by atoms with Gasteiger partial charge in [-0.25, -0.2) is 4.98 Å². The third-order valence-corrected chi connectivity index (χ3v) is 5.53. The van der Waals surface area contributed by atoms with E-state index in [1.807, 2.05) is 18.2 Å². The van der Waals surface area contributed by atoms with Gasteiger partial charge in [-0.2, -0.15) is 0 Å². The summed E-state index contributed by atoms with van der Waals surface area (Å²) in [6.07, 6.45) is 2.26. The molecule has 4 rings (SSSR count). The molecular formula is C23H22ClN5O3. The molecule has 0 aliphatic rings. The first-order valence-electron chi connectivity index (χ1n) is 10.1. The maximum Gasteiger partial charge on any atom is 0.267 e. The van der Waals surface area contributed by atoms with Crippen molar-refractivity contribution < 1.29 is 9.53 Å². The Morgan fingerprint density at radius 3 is 2.78 bits per heavy atom. The maximum absolute atomic E-state index is 13.2. The summed E-state index contributed by atoms with van der Waals surface area (Å²) < 4.78 is 7.98. The number of hydrogen-bond donors (Lipinski definition) is 2. The minimum absolute atomic E-state index is 0.0474. The van der Waals surface area contributed by atoms with Gasteiger partial charge in [0.1, 0.15) is 16.8 Å². The topological polar surface area (TPSA) is 101 Å². The molecule has 0 radical (unpaired) electrons. The number of pyridine rings is 2. The molecule has 0 spiro atoms. The minimum atomic E-state index is -0.432. The van der Waals surface area contributed by atoms with Crippen molar-refractivity contribution in [2.45, 2.75) is 13.0 Å². The molecule has 0 aliphatic carbocycles. The highest BCUT2D eigenvalue weighted by Gasteiger charge is 2.18. The molecule has 1 aromatic carbocycles. The Bertz CT molecular complexity index is 1430. The van der Waals surface area contributed by atoms with Crippen molar-refractivity contribution in [3.63, 3.8) is 0 Å². The van der Waals surface area contributed by atoms with E-state index >= 15 is 0 Å². The largest absolute Gasteiger partial charge is 0.385 e. The highest BCUT2D eigenvalue weighted by atomic mass is 35.5. The fourth-order valence-electron chi connectivity index (χ4n) is 3.52. The molecule has 8 nitrogen and oxygen atoms in total. The van der Waals surface area contributed by atoms with Gasteiger partial charge in [-0.1, -0.05) is 35.9 Å². The van der Waals surface area contributed by atoms with Crippen LogP contribution >= 0.6 is 11.6 Å². The lowest BCUT2D eigenvalue weighted by Crippen LogP contribution is -2.35. The summed E-state index contributed by atoms with van der Waals surface area (Å²) in [4.78, 5) is 30.7. The molecule has 3 heterocycles. The van der Waals surface area contributed by atoms with E-state index in [-0.39, 0.29) is 28.5 Å². The molecule has 0 saturated carbocycles. The Balaban J connectivity index is 1.92. The zero-order valence-corrected chi connectivity index (χ0v) is 18.2. The second-order valence-electron chi connectivity index (χ2n) is 7.27. The van der Waals surface area contributed by atoms with Gasteiger partial charge in [0.05, 0.1) is 17.5 Å². The first kappa shape index (κ1) is 21.7. The van der Waals surface area contributed by atoms with E-state index in [1.54, 1.807) is 42.1 Å². The number of ether oxygens (including phenoxy) is 1. The molecule has 2 N–H and O–H groups in total. The first-order valence-corrected chi connectivity index (χ1v) is 10.5. The third-order valence-electron chi connectivity index (χ3n) is 5.16. The summed E-state index contributed by atoms with van der Waals surface area (Å²) in [5.74, 6) is -0.432. The predicted molar refractivity (Wildman–Crippen MR) is 122 cm³/mol. The molecule has 1 amide bonds. The van der Waals surface area contributed by atoms with Gasteiger partial charge in [-0.3, -0.25) is 19.4 Å². The number of hydrogen-bond acceptors (Lipinski definition) is 5. The van der Waals surface area contributed by atoms with E-state index in [1.165, 1.54) is 10.5 Å². The third kappa shape index (κ3) is 4.15. The summed E-state index contributed by atoms with van der Waals surface area (Å²) in [7, 11) is 1.59. The molecule has 0 aliphatic heterocycles. The number of nitrogens with zero attached hydrogens (tertiary/aromatic N) is 3. The average molecular weight is 452 g/mol. The Hall–Kier alpha value is -3.49. The molecular weight excluding hydrogens is 430 g/mol. The molecule has 0 fully saturated rings. The maximum atomic E-state index is 13.2. The summed E-state index contributed by atoms with van der Waals surface area (Å²) in [5.41, 5.74) is 1.26. The molecule has 0 bridgehead atoms. The van der Waals surface area contributed by atoms with E-state index in [2.05, 4.69) is 10.3 Å². The van der Waals surface area contributed by atoms with Crippen LogP contribution in [0, 0.1) is 5.41 Å². The van der Waals surface area contributed by atoms with Gasteiger partial charge in [0, 0.05) is 31.5 Å². The van der Waals surface area contributed by atoms with E-state index in [4.69, 9.17) is 21.7 Å². The molecule has 4 aromatic rings. The van der Waals surface area contributed by atoms with Crippen LogP contribution in [0.5, 0.6) is 0 Å². The van der Waals surface area contributed by atoms with Crippen LogP contribution in [0.2, 0.25) is 5.02 Å². The van der Waals surface area contributed by atoms with Gasteiger partial charge in [0.25, 0.3) is 11.5 Å². The standard InChI is InChI=1S/C23H22ClN5O3/c1-32-12-6-10-26-22(30)16-13-17-21(27-19-9-4-5-11-28(19)23(17)31)29(20(16)25)14-15-7-2-3-8-18(15)24/h2-5,7-9,11,13,25H,6,10,12,14H2,1H3,(H,26,30). The number of halogens is 1. The van der Waals surface area contributed by atoms with Gasteiger partial charge in [-0.15, -0.1) is 0 Å². The van der Waals surface area contributed by atoms with Crippen molar-refractivity contribution in [3.8, 4) is 0 Å². The van der Waals surface area contributed by atoms with E-state index < -0.39 is 5.91 Å². The summed E-state index contributed by atoms with van der Waals surface area (Å²) in [5, 5.41) is 12.3. The van der Waals surface area contributed by atoms with Crippen molar-refractivity contribution in [2.24, 2.45) is 0 Å². The van der Waals surface area contributed by atoms with Gasteiger partial charge < -0.3 is 14.6 Å². The Labute approximate surface area is 188 Å². The van der Waals surface area contributed by atoms with Crippen LogP contribution in [-0.4, -0.2) is 40.1 Å². The zero-order chi connectivity index (χ0) is 22.7. The minimum Gasteiger partial charge on any atom is -0.385 e. The lowest BCUT2D eigenvalue weighted by Gasteiger charge is -2.15. The molecule has 9 heteroatoms. The fourth-order valence-corrected chi connectivity index (χ4v) is 3.72. The second kappa shape index (κ2) is 9.33. The van der Waals surface area contributed by atoms with Crippen LogP contribution in [0.15, 0.2) is 59.5 Å². The number of aromatic nitrogens is 3. The molecule has 32 heavy (non-hydrogen) atoms. The van der Waals surface area contributed by atoms with E-state index in [0.29, 0.717) is 35.9 Å². The van der Waals surface area contributed by atoms with Crippen LogP contribution in [0.1, 0.15) is 22.3 Å². The number of rotatable bonds is 7. The van der Waals surface area contributed by atoms with Crippen LogP contribution in [0.25, 0.3) is 16.7 Å². The van der Waals surface area contributed by atoms with Crippen molar-refractivity contribution in [1.29, 1.82) is 5.41 Å². The highest BCUT2D eigenvalue weighted by molar-refractivity contribution is 6.31. The molecule has 0 saturated heterocycles. The lowest BCUT2D eigenvalue weighted by atomic mass is 10.1. The van der Waals surface area contributed by atoms with Crippen LogP contribution in [0.4, 0.5) is 0 Å². The second-order valence-corrected chi connectivity index (χ2v) is 7.68. The van der Waals surface area contributed by atoms with Gasteiger partial charge in [-0.05, 0) is 36.2 Å². The number of methoxy groups -OCH3 is 1. The normalized spacial score (nSPS) is 11.2. The molecule has 0 atom stereocenters. The molecule has 3 aromatic heterocycles. The molecule has 0 unspecified atom stereocenters. The molecule has 164 valence electrons. The lowest BCUT2D eigenvalue weighted by molar-refractivity contribution is 0.0946. The summed E-state index contributed by atoms with van der Waals surface area (Å²) >= 11 is 6.35. The van der Waals surface area contributed by atoms with Crippen LogP contribution in [0.3, 0.4) is 0 Å². The highest BCUT2D eigenvalue weighted by Crippen LogP contribution is 2.18. The summed E-state index contributed by atoms with van der Waals surface area (Å²) in [6, 6.07) is 14.0. The Morgan fingerprint density at radius 2 is 2.00 bits per heavy atom. The summed E-state index contributed by atoms with van der Waals surface area (Å²) in [6.45, 7) is 1.09. The van der Waals surface area contributed by atoms with Crippen molar-refractivity contribution >= 4 is 34.2 Å². The number of amides is 1. The number of benzene rings is 1. The Morgan fingerprint density at radius 1 is 1.22 bits per heavy atom. The smallest absolute Gasteiger partial charge is 0.267 e. The Kier molecular flexibility index (Phi) is 6.34. The van der Waals surface area contributed by atoms with Crippen LogP contribution in [-0.2, 0) is 11.3 Å². The average Bonchev–Trinajstić information content (AvgIpc) is 2.80. The number of fused-ring (bicyclic) bond motifs is 2. The van der Waals surface area contributed by atoms with Crippen LogP contribution < -0.4 is 16.4 Å². The number of carbonyl (C=O) groups excluding carboxylic acids is 1. The van der Waals surface area contributed by atoms with Gasteiger partial charge >= 0.3 is 0 Å². The van der Waals surface area contributed by atoms with E-state index in [0.717, 1.165) is 5.56 Å². The predicted octanol–water partition coefficient (Wildman–Crippen LogP) is 2.60. The quantitative estimate of drug-likeness (QED) is 0.333. The van der Waals surface area contributed by atoms with Crippen molar-refractivity contribution in [1.82, 2.24) is 19.3 Å². The monoisotopic (exact) mass is 451 g/mol. The first-order chi connectivity index (χ1) is 15.5. The number of nitrogens with one attached hydrogen (secondary N) is 2. The fraction of sp³-hybridized carbons (Fsp3) is 0.217. The SMILES string of the molecule is COCCCNC(=O)c1cc2c(=O)n3ccccc3nc2n(Cc2ccccc2Cl)c1=N. The van der Waals surface area contributed by atoms with E-state index in [9.17, 15) is 9.59 Å². The van der Waals surface area contributed by atoms with Gasteiger partial charge in [0.2, 0.25) is 0 Å². The van der Waals surface area contributed by atoms with Gasteiger partial charge in [0.15, 0.2) is 0 Å². The number of carbonyl (C=O) groups is 1. The zero-order valence-electron chi connectivity index (χ0n) is 17.5. The van der Waals surface area contributed by atoms with Crippen molar-refractivity contribution in [3.05, 3.63) is 86.7 Å².